The van der Waals surface area contributed by atoms with Crippen LogP contribution in [0.25, 0.3) is 0 Å². The Labute approximate surface area is 92.7 Å². The van der Waals surface area contributed by atoms with E-state index in [1.165, 1.54) is 11.1 Å². The fourth-order valence-corrected chi connectivity index (χ4v) is 1.81. The van der Waals surface area contributed by atoms with Crippen molar-refractivity contribution in [2.75, 3.05) is 0 Å². The molecule has 0 bridgehead atoms. The lowest BCUT2D eigenvalue weighted by atomic mass is 9.85. The van der Waals surface area contributed by atoms with Crippen molar-refractivity contribution in [3.05, 3.63) is 29.6 Å². The van der Waals surface area contributed by atoms with Crippen LogP contribution < -0.4 is 0 Å². The van der Waals surface area contributed by atoms with Gasteiger partial charge >= 0.3 is 0 Å². The van der Waals surface area contributed by atoms with Crippen LogP contribution in [0, 0.1) is 5.92 Å². The lowest BCUT2D eigenvalue weighted by Crippen LogP contribution is -2.27. The predicted octanol–water partition coefficient (Wildman–Crippen LogP) is 3.51. The molecule has 1 aromatic heterocycles. The molecule has 2 nitrogen and oxygen atoms in total. The van der Waals surface area contributed by atoms with Crippen molar-refractivity contribution in [2.24, 2.45) is 5.92 Å². The molecule has 0 aliphatic carbocycles. The van der Waals surface area contributed by atoms with Crippen LogP contribution in [0.5, 0.6) is 0 Å². The van der Waals surface area contributed by atoms with E-state index in [2.05, 4.69) is 31.8 Å². The second-order valence-corrected chi connectivity index (χ2v) is 4.08. The molecule has 0 amide bonds. The Morgan fingerprint density at radius 3 is 2.67 bits per heavy atom. The Morgan fingerprint density at radius 1 is 1.40 bits per heavy atom. The molecule has 15 heavy (non-hydrogen) atoms. The summed E-state index contributed by atoms with van der Waals surface area (Å²) in [6, 6.07) is 2.07. The highest BCUT2D eigenvalue weighted by atomic mass is 16.5. The highest BCUT2D eigenvalue weighted by molar-refractivity contribution is 5.32. The molecule has 0 saturated carbocycles. The molecule has 2 heterocycles. The second kappa shape index (κ2) is 4.75. The quantitative estimate of drug-likeness (QED) is 0.703. The first-order chi connectivity index (χ1) is 7.14. The number of ether oxygens (including phenoxy) is 1. The van der Waals surface area contributed by atoms with Gasteiger partial charge in [0.1, 0.15) is 0 Å². The number of hydrogen-bond acceptors (Lipinski definition) is 2. The second-order valence-electron chi connectivity index (χ2n) is 4.08. The number of aromatic nitrogens is 1. The molecule has 1 atom stereocenters. The summed E-state index contributed by atoms with van der Waals surface area (Å²) in [6.45, 7) is 11.2. The number of hydrogen-bond donors (Lipinski definition) is 0. The number of fused-ring (bicyclic) bond motifs is 1. The molecular formula is C13H21NO. The van der Waals surface area contributed by atoms with Gasteiger partial charge in [0.25, 0.3) is 0 Å². The van der Waals surface area contributed by atoms with E-state index >= 15 is 0 Å². The third-order valence-electron chi connectivity index (χ3n) is 3.07. The standard InChI is InChI=1S/C11H15NO.C2H6/c1-8(2)11(3)10-4-5-12-6-9(10)7-13-11;1-2/h4-6,8H,7H2,1-3H3;1-2H3. The van der Waals surface area contributed by atoms with Crippen LogP contribution in [0.2, 0.25) is 0 Å². The Bertz CT molecular complexity index is 322. The molecule has 0 N–H and O–H groups in total. The summed E-state index contributed by atoms with van der Waals surface area (Å²) < 4.78 is 5.83. The van der Waals surface area contributed by atoms with Crippen molar-refractivity contribution in [1.82, 2.24) is 4.98 Å². The fraction of sp³-hybridized carbons (Fsp3) is 0.615. The molecular weight excluding hydrogens is 186 g/mol. The Hall–Kier alpha value is -0.890. The zero-order chi connectivity index (χ0) is 11.5. The van der Waals surface area contributed by atoms with Gasteiger partial charge in [-0.25, -0.2) is 0 Å². The van der Waals surface area contributed by atoms with Gasteiger partial charge in [-0.15, -0.1) is 0 Å². The van der Waals surface area contributed by atoms with E-state index in [4.69, 9.17) is 4.74 Å². The van der Waals surface area contributed by atoms with Crippen LogP contribution in [0.4, 0.5) is 0 Å². The lowest BCUT2D eigenvalue weighted by Gasteiger charge is -2.29. The van der Waals surface area contributed by atoms with E-state index in [0.717, 1.165) is 0 Å². The van der Waals surface area contributed by atoms with Crippen LogP contribution in [-0.4, -0.2) is 4.98 Å². The first-order valence-corrected chi connectivity index (χ1v) is 5.72. The minimum Gasteiger partial charge on any atom is -0.366 e. The van der Waals surface area contributed by atoms with Gasteiger partial charge in [-0.1, -0.05) is 27.7 Å². The summed E-state index contributed by atoms with van der Waals surface area (Å²) in [5.41, 5.74) is 2.43. The maximum Gasteiger partial charge on any atom is 0.0935 e. The average Bonchev–Trinajstić information content (AvgIpc) is 2.62. The van der Waals surface area contributed by atoms with E-state index in [0.29, 0.717) is 12.5 Å². The van der Waals surface area contributed by atoms with Gasteiger partial charge in [-0.3, -0.25) is 4.98 Å². The third kappa shape index (κ3) is 2.05. The van der Waals surface area contributed by atoms with Crippen LogP contribution in [0.15, 0.2) is 18.5 Å². The molecule has 2 rings (SSSR count). The first kappa shape index (κ1) is 12.2. The Morgan fingerprint density at radius 2 is 2.07 bits per heavy atom. The number of rotatable bonds is 1. The minimum absolute atomic E-state index is 0.113. The maximum atomic E-state index is 5.83. The summed E-state index contributed by atoms with van der Waals surface area (Å²) in [5, 5.41) is 0. The molecule has 0 fully saturated rings. The molecule has 84 valence electrons. The zero-order valence-corrected chi connectivity index (χ0v) is 10.4. The molecule has 1 aliphatic rings. The van der Waals surface area contributed by atoms with E-state index in [1.807, 2.05) is 26.2 Å². The van der Waals surface area contributed by atoms with Crippen molar-refractivity contribution in [2.45, 2.75) is 46.8 Å². The largest absolute Gasteiger partial charge is 0.366 e. The van der Waals surface area contributed by atoms with Gasteiger partial charge < -0.3 is 4.74 Å². The Kier molecular flexibility index (Phi) is 3.86. The monoisotopic (exact) mass is 207 g/mol. The summed E-state index contributed by atoms with van der Waals surface area (Å²) in [7, 11) is 0. The van der Waals surface area contributed by atoms with Gasteiger partial charge in [-0.05, 0) is 24.5 Å². The smallest absolute Gasteiger partial charge is 0.0935 e. The summed E-state index contributed by atoms with van der Waals surface area (Å²) >= 11 is 0. The molecule has 0 spiro atoms. The van der Waals surface area contributed by atoms with Crippen LogP contribution in [0.1, 0.15) is 45.7 Å². The molecule has 0 saturated heterocycles. The van der Waals surface area contributed by atoms with Gasteiger partial charge in [-0.2, -0.15) is 0 Å². The summed E-state index contributed by atoms with van der Waals surface area (Å²) in [5.74, 6) is 0.496. The van der Waals surface area contributed by atoms with Crippen molar-refractivity contribution >= 4 is 0 Å². The molecule has 0 radical (unpaired) electrons. The van der Waals surface area contributed by atoms with Gasteiger partial charge in [0.2, 0.25) is 0 Å². The SMILES string of the molecule is CC.CC(C)C1(C)OCc2cnccc21. The Balaban J connectivity index is 0.000000531. The van der Waals surface area contributed by atoms with Gasteiger partial charge in [0.05, 0.1) is 12.2 Å². The van der Waals surface area contributed by atoms with E-state index in [9.17, 15) is 0 Å². The summed E-state index contributed by atoms with van der Waals surface area (Å²) in [4.78, 5) is 4.10. The number of pyridine rings is 1. The van der Waals surface area contributed by atoms with Crippen LogP contribution in [-0.2, 0) is 16.9 Å². The molecule has 2 heteroatoms. The number of nitrogens with zero attached hydrogens (tertiary/aromatic N) is 1. The summed E-state index contributed by atoms with van der Waals surface area (Å²) in [6.07, 6.45) is 3.75. The molecule has 1 aromatic rings. The zero-order valence-electron chi connectivity index (χ0n) is 10.4. The van der Waals surface area contributed by atoms with Gasteiger partial charge in [0, 0.05) is 18.0 Å². The lowest BCUT2D eigenvalue weighted by molar-refractivity contribution is -0.0576. The van der Waals surface area contributed by atoms with E-state index < -0.39 is 0 Å². The van der Waals surface area contributed by atoms with Crippen molar-refractivity contribution in [1.29, 1.82) is 0 Å². The van der Waals surface area contributed by atoms with Crippen LogP contribution >= 0.6 is 0 Å². The highest BCUT2D eigenvalue weighted by Gasteiger charge is 2.38. The minimum atomic E-state index is -0.113. The molecule has 1 unspecified atom stereocenters. The maximum absolute atomic E-state index is 5.83. The molecule has 0 aromatic carbocycles. The van der Waals surface area contributed by atoms with E-state index in [1.54, 1.807) is 0 Å². The predicted molar refractivity (Wildman–Crippen MR) is 62.6 cm³/mol. The highest BCUT2D eigenvalue weighted by Crippen LogP contribution is 2.40. The van der Waals surface area contributed by atoms with Gasteiger partial charge in [0.15, 0.2) is 0 Å². The topological polar surface area (TPSA) is 22.1 Å². The third-order valence-corrected chi connectivity index (χ3v) is 3.07. The van der Waals surface area contributed by atoms with E-state index in [-0.39, 0.29) is 5.60 Å². The fourth-order valence-electron chi connectivity index (χ4n) is 1.81. The van der Waals surface area contributed by atoms with Crippen LogP contribution in [0.3, 0.4) is 0 Å². The van der Waals surface area contributed by atoms with Crippen molar-refractivity contribution < 1.29 is 4.74 Å². The van der Waals surface area contributed by atoms with Crippen molar-refractivity contribution in [3.8, 4) is 0 Å². The normalized spacial score (nSPS) is 23.3. The molecule has 1 aliphatic heterocycles. The first-order valence-electron chi connectivity index (χ1n) is 5.72. The average molecular weight is 207 g/mol. The van der Waals surface area contributed by atoms with Crippen molar-refractivity contribution in [3.63, 3.8) is 0 Å².